The highest BCUT2D eigenvalue weighted by atomic mass is 19.4. The van der Waals surface area contributed by atoms with Gasteiger partial charge >= 0.3 is 6.18 Å². The Morgan fingerprint density at radius 2 is 2.18 bits per heavy atom. The summed E-state index contributed by atoms with van der Waals surface area (Å²) in [5.74, 6) is 0.484. The summed E-state index contributed by atoms with van der Waals surface area (Å²) in [6, 6.07) is 1.57. The molecule has 1 unspecified atom stereocenters. The number of alkyl halides is 3. The molecule has 0 aliphatic heterocycles. The number of nitrogens with zero attached hydrogens (tertiary/aromatic N) is 2. The molecule has 0 aromatic carbocycles. The van der Waals surface area contributed by atoms with Gasteiger partial charge in [-0.3, -0.25) is 0 Å². The second-order valence-corrected chi connectivity index (χ2v) is 4.41. The lowest BCUT2D eigenvalue weighted by Gasteiger charge is -2.20. The normalized spacial score (nSPS) is 19.9. The number of rotatable bonds is 2. The third-order valence-electron chi connectivity index (χ3n) is 2.76. The van der Waals surface area contributed by atoms with Crippen molar-refractivity contribution in [2.75, 3.05) is 6.61 Å². The number of aromatic nitrogens is 2. The summed E-state index contributed by atoms with van der Waals surface area (Å²) in [6.45, 7) is 0.787. The monoisotopic (exact) mass is 246 g/mol. The zero-order valence-electron chi connectivity index (χ0n) is 9.42. The molecule has 94 valence electrons. The van der Waals surface area contributed by atoms with Crippen molar-refractivity contribution in [2.24, 2.45) is 5.92 Å². The molecule has 0 saturated carbocycles. The van der Waals surface area contributed by atoms with Gasteiger partial charge in [0.05, 0.1) is 5.69 Å². The first-order chi connectivity index (χ1) is 7.94. The molecule has 1 heterocycles. The predicted molar refractivity (Wildman–Crippen MR) is 54.8 cm³/mol. The molecule has 2 rings (SSSR count). The van der Waals surface area contributed by atoms with E-state index in [1.807, 2.05) is 0 Å². The first kappa shape index (κ1) is 12.1. The minimum absolute atomic E-state index is 0.0461. The van der Waals surface area contributed by atoms with Crippen LogP contribution in [0, 0.1) is 5.92 Å². The lowest BCUT2D eigenvalue weighted by Crippen LogP contribution is -2.20. The molecule has 0 fully saturated rings. The number of aryl methyl sites for hydroxylation is 1. The minimum Gasteiger partial charge on any atom is -0.467 e. The molecule has 1 aromatic rings. The van der Waals surface area contributed by atoms with Crippen molar-refractivity contribution < 1.29 is 17.9 Å². The van der Waals surface area contributed by atoms with Crippen LogP contribution in [0.5, 0.6) is 5.88 Å². The number of halogens is 3. The van der Waals surface area contributed by atoms with E-state index in [4.69, 9.17) is 0 Å². The van der Waals surface area contributed by atoms with Crippen molar-refractivity contribution in [1.82, 2.24) is 10.2 Å². The molecule has 0 saturated heterocycles. The Labute approximate surface area is 97.0 Å². The first-order valence-corrected chi connectivity index (χ1v) is 5.49. The molecule has 1 aromatic heterocycles. The second-order valence-electron chi connectivity index (χ2n) is 4.41. The van der Waals surface area contributed by atoms with E-state index in [1.54, 1.807) is 6.07 Å². The molecule has 3 nitrogen and oxygen atoms in total. The van der Waals surface area contributed by atoms with Gasteiger partial charge in [0.1, 0.15) is 0 Å². The van der Waals surface area contributed by atoms with Gasteiger partial charge in [-0.05, 0) is 30.7 Å². The van der Waals surface area contributed by atoms with Crippen molar-refractivity contribution in [3.05, 3.63) is 17.3 Å². The summed E-state index contributed by atoms with van der Waals surface area (Å²) in [5.41, 5.74) is 1.83. The van der Waals surface area contributed by atoms with E-state index in [-0.39, 0.29) is 5.88 Å². The topological polar surface area (TPSA) is 35.0 Å². The van der Waals surface area contributed by atoms with Crippen LogP contribution < -0.4 is 4.74 Å². The standard InChI is InChI=1S/C11H13F3N2O/c1-7-2-3-9-8(4-7)5-10(16-15-9)17-6-11(12,13)14/h5,7H,2-4,6H2,1H3. The summed E-state index contributed by atoms with van der Waals surface area (Å²) in [4.78, 5) is 0. The Balaban J connectivity index is 2.08. The van der Waals surface area contributed by atoms with Gasteiger partial charge in [0, 0.05) is 6.07 Å². The molecule has 17 heavy (non-hydrogen) atoms. The SMILES string of the molecule is CC1CCc2nnc(OCC(F)(F)F)cc2C1. The van der Waals surface area contributed by atoms with E-state index in [0.717, 1.165) is 30.5 Å². The minimum atomic E-state index is -4.34. The van der Waals surface area contributed by atoms with Crippen LogP contribution in [-0.2, 0) is 12.8 Å². The Kier molecular flexibility index (Phi) is 3.22. The Morgan fingerprint density at radius 3 is 2.88 bits per heavy atom. The largest absolute Gasteiger partial charge is 0.467 e. The zero-order chi connectivity index (χ0) is 12.5. The van der Waals surface area contributed by atoms with Crippen LogP contribution in [0.3, 0.4) is 0 Å². The van der Waals surface area contributed by atoms with Gasteiger partial charge in [0.15, 0.2) is 6.61 Å². The van der Waals surface area contributed by atoms with Gasteiger partial charge in [-0.15, -0.1) is 5.10 Å². The number of ether oxygens (including phenoxy) is 1. The third-order valence-corrected chi connectivity index (χ3v) is 2.76. The Morgan fingerprint density at radius 1 is 1.41 bits per heavy atom. The van der Waals surface area contributed by atoms with E-state index < -0.39 is 12.8 Å². The molecule has 0 bridgehead atoms. The third kappa shape index (κ3) is 3.31. The summed E-state index contributed by atoms with van der Waals surface area (Å²) < 4.78 is 40.5. The molecule has 0 amide bonds. The van der Waals surface area contributed by atoms with Crippen molar-refractivity contribution in [3.8, 4) is 5.88 Å². The molecule has 0 radical (unpaired) electrons. The van der Waals surface area contributed by atoms with Crippen LogP contribution in [-0.4, -0.2) is 23.0 Å². The van der Waals surface area contributed by atoms with Crippen LogP contribution in [0.1, 0.15) is 24.6 Å². The number of hydrogen-bond acceptors (Lipinski definition) is 3. The van der Waals surface area contributed by atoms with Gasteiger partial charge < -0.3 is 4.74 Å². The van der Waals surface area contributed by atoms with Crippen molar-refractivity contribution in [3.63, 3.8) is 0 Å². The van der Waals surface area contributed by atoms with Crippen LogP contribution in [0.2, 0.25) is 0 Å². The van der Waals surface area contributed by atoms with E-state index in [2.05, 4.69) is 21.9 Å². The van der Waals surface area contributed by atoms with E-state index >= 15 is 0 Å². The molecule has 1 atom stereocenters. The van der Waals surface area contributed by atoms with Crippen molar-refractivity contribution >= 4 is 0 Å². The Hall–Kier alpha value is -1.33. The maximum Gasteiger partial charge on any atom is 0.422 e. The van der Waals surface area contributed by atoms with Crippen molar-refractivity contribution in [1.29, 1.82) is 0 Å². The molecule has 0 spiro atoms. The predicted octanol–water partition coefficient (Wildman–Crippen LogP) is 2.54. The maximum absolute atomic E-state index is 12.0. The molecule has 1 aliphatic carbocycles. The quantitative estimate of drug-likeness (QED) is 0.804. The van der Waals surface area contributed by atoms with Gasteiger partial charge in [0.2, 0.25) is 5.88 Å². The molecule has 0 N–H and O–H groups in total. The lowest BCUT2D eigenvalue weighted by atomic mass is 9.88. The summed E-state index contributed by atoms with van der Waals surface area (Å²) in [5, 5.41) is 7.56. The van der Waals surface area contributed by atoms with E-state index in [9.17, 15) is 13.2 Å². The van der Waals surface area contributed by atoms with Gasteiger partial charge in [-0.2, -0.15) is 18.3 Å². The van der Waals surface area contributed by atoms with Gasteiger partial charge in [-0.1, -0.05) is 6.92 Å². The average Bonchev–Trinajstić information content (AvgIpc) is 2.24. The Bertz CT molecular complexity index is 406. The molecule has 6 heteroatoms. The van der Waals surface area contributed by atoms with E-state index in [1.165, 1.54) is 0 Å². The zero-order valence-corrected chi connectivity index (χ0v) is 9.42. The molecular formula is C11H13F3N2O. The molecular weight excluding hydrogens is 233 g/mol. The smallest absolute Gasteiger partial charge is 0.422 e. The highest BCUT2D eigenvalue weighted by molar-refractivity contribution is 5.26. The number of fused-ring (bicyclic) bond motifs is 1. The first-order valence-electron chi connectivity index (χ1n) is 5.49. The maximum atomic E-state index is 12.0. The van der Waals surface area contributed by atoms with Crippen LogP contribution in [0.15, 0.2) is 6.07 Å². The fraction of sp³-hybridized carbons (Fsp3) is 0.636. The summed E-state index contributed by atoms with van der Waals surface area (Å²) in [7, 11) is 0. The van der Waals surface area contributed by atoms with Gasteiger partial charge in [0.25, 0.3) is 0 Å². The fourth-order valence-electron chi connectivity index (χ4n) is 1.91. The van der Waals surface area contributed by atoms with Crippen LogP contribution in [0.4, 0.5) is 13.2 Å². The fourth-order valence-corrected chi connectivity index (χ4v) is 1.91. The van der Waals surface area contributed by atoms with Gasteiger partial charge in [-0.25, -0.2) is 0 Å². The van der Waals surface area contributed by atoms with Crippen LogP contribution in [0.25, 0.3) is 0 Å². The lowest BCUT2D eigenvalue weighted by molar-refractivity contribution is -0.154. The number of hydrogen-bond donors (Lipinski definition) is 0. The highest BCUT2D eigenvalue weighted by Gasteiger charge is 2.29. The second kappa shape index (κ2) is 4.50. The molecule has 1 aliphatic rings. The average molecular weight is 246 g/mol. The van der Waals surface area contributed by atoms with E-state index in [0.29, 0.717) is 5.92 Å². The highest BCUT2D eigenvalue weighted by Crippen LogP contribution is 2.26. The summed E-state index contributed by atoms with van der Waals surface area (Å²) >= 11 is 0. The van der Waals surface area contributed by atoms with Crippen molar-refractivity contribution in [2.45, 2.75) is 32.4 Å². The summed E-state index contributed by atoms with van der Waals surface area (Å²) in [6.07, 6.45) is -1.63. The van der Waals surface area contributed by atoms with Crippen LogP contribution >= 0.6 is 0 Å².